The number of hydrogen-bond acceptors (Lipinski definition) is 4. The molecule has 2 aromatic rings. The van der Waals surface area contributed by atoms with Gasteiger partial charge in [-0.05, 0) is 36.6 Å². The van der Waals surface area contributed by atoms with E-state index in [1.807, 2.05) is 28.9 Å². The number of nitrogens with zero attached hydrogens (tertiary/aromatic N) is 3. The van der Waals surface area contributed by atoms with Crippen LogP contribution in [0.5, 0.6) is 0 Å². The number of piperidine rings is 1. The Morgan fingerprint density at radius 1 is 1.23 bits per heavy atom. The maximum Gasteiger partial charge on any atom is 0.255 e. The van der Waals surface area contributed by atoms with Gasteiger partial charge >= 0.3 is 0 Å². The van der Waals surface area contributed by atoms with Crippen LogP contribution in [0.15, 0.2) is 30.5 Å². The third kappa shape index (κ3) is 2.69. The lowest BCUT2D eigenvalue weighted by Gasteiger charge is -2.29. The minimum Gasteiger partial charge on any atom is -0.322 e. The Balaban J connectivity index is 1.62. The summed E-state index contributed by atoms with van der Waals surface area (Å²) in [5, 5.41) is 6.68. The molecule has 1 aromatic heterocycles. The normalized spacial score (nSPS) is 19.7. The number of benzene rings is 1. The van der Waals surface area contributed by atoms with Crippen LogP contribution in [0, 0.1) is 0 Å². The number of fused-ring (bicyclic) bond motifs is 1. The van der Waals surface area contributed by atoms with Crippen molar-refractivity contribution < 1.29 is 14.4 Å². The van der Waals surface area contributed by atoms with E-state index < -0.39 is 6.04 Å². The molecule has 7 heteroatoms. The minimum absolute atomic E-state index is 0.150. The Labute approximate surface area is 151 Å². The summed E-state index contributed by atoms with van der Waals surface area (Å²) in [6.07, 6.45) is 3.40. The lowest BCUT2D eigenvalue weighted by atomic mass is 10.0. The lowest BCUT2D eigenvalue weighted by molar-refractivity contribution is -0.136. The number of hydrogen-bond donors (Lipinski definition) is 1. The molecule has 0 spiro atoms. The number of amides is 3. The largest absolute Gasteiger partial charge is 0.322 e. The first kappa shape index (κ1) is 16.5. The number of imide groups is 1. The van der Waals surface area contributed by atoms with Gasteiger partial charge in [-0.25, -0.2) is 0 Å². The smallest absolute Gasteiger partial charge is 0.255 e. The van der Waals surface area contributed by atoms with Crippen molar-refractivity contribution in [2.24, 2.45) is 0 Å². The molecule has 1 fully saturated rings. The summed E-state index contributed by atoms with van der Waals surface area (Å²) in [5.41, 5.74) is 3.55. The molecule has 1 N–H and O–H groups in total. The van der Waals surface area contributed by atoms with E-state index in [2.05, 4.69) is 17.3 Å². The van der Waals surface area contributed by atoms with Crippen LogP contribution in [-0.4, -0.2) is 38.4 Å². The highest BCUT2D eigenvalue weighted by Crippen LogP contribution is 2.31. The summed E-state index contributed by atoms with van der Waals surface area (Å²) < 4.78 is 1.95. The van der Waals surface area contributed by atoms with Crippen LogP contribution < -0.4 is 5.32 Å². The van der Waals surface area contributed by atoms with Crippen LogP contribution in [0.3, 0.4) is 0 Å². The number of rotatable bonds is 4. The molecule has 134 valence electrons. The predicted octanol–water partition coefficient (Wildman–Crippen LogP) is 1.72. The van der Waals surface area contributed by atoms with Crippen molar-refractivity contribution in [1.29, 1.82) is 0 Å². The van der Waals surface area contributed by atoms with Gasteiger partial charge in [-0.2, -0.15) is 5.10 Å². The van der Waals surface area contributed by atoms with Crippen molar-refractivity contribution in [2.75, 3.05) is 0 Å². The zero-order valence-electron chi connectivity index (χ0n) is 14.6. The van der Waals surface area contributed by atoms with E-state index in [0.717, 1.165) is 29.8 Å². The standard InChI is InChI=1S/C19H20N4O3/c1-2-9-23-15(7-8-20-23)12-3-4-14-13(10-12)11-22(19(14)26)16-5-6-17(24)21-18(16)25/h3-4,7-8,10,16H,2,5-6,9,11H2,1H3,(H,21,24,25). The van der Waals surface area contributed by atoms with Crippen molar-refractivity contribution in [2.45, 2.75) is 45.3 Å². The van der Waals surface area contributed by atoms with Crippen LogP contribution in [0.2, 0.25) is 0 Å². The number of carbonyl (C=O) groups excluding carboxylic acids is 3. The zero-order chi connectivity index (χ0) is 18.3. The number of nitrogens with one attached hydrogen (secondary N) is 1. The predicted molar refractivity (Wildman–Crippen MR) is 94.0 cm³/mol. The quantitative estimate of drug-likeness (QED) is 0.849. The molecule has 2 aliphatic heterocycles. The summed E-state index contributed by atoms with van der Waals surface area (Å²) >= 11 is 0. The van der Waals surface area contributed by atoms with E-state index in [4.69, 9.17) is 0 Å². The Bertz CT molecular complexity index is 902. The zero-order valence-corrected chi connectivity index (χ0v) is 14.6. The molecule has 7 nitrogen and oxygen atoms in total. The summed E-state index contributed by atoms with van der Waals surface area (Å²) in [4.78, 5) is 37.8. The first-order chi connectivity index (χ1) is 12.6. The van der Waals surface area contributed by atoms with Gasteiger partial charge in [0, 0.05) is 36.8 Å². The van der Waals surface area contributed by atoms with Gasteiger partial charge in [0.25, 0.3) is 5.91 Å². The van der Waals surface area contributed by atoms with Gasteiger partial charge in [0.15, 0.2) is 0 Å². The van der Waals surface area contributed by atoms with Gasteiger partial charge in [0.1, 0.15) is 6.04 Å². The summed E-state index contributed by atoms with van der Waals surface area (Å²) in [6.45, 7) is 3.32. The van der Waals surface area contributed by atoms with E-state index in [-0.39, 0.29) is 24.1 Å². The van der Waals surface area contributed by atoms with E-state index in [0.29, 0.717) is 18.5 Å². The molecule has 1 aromatic carbocycles. The van der Waals surface area contributed by atoms with Gasteiger partial charge in [0.05, 0.1) is 5.69 Å². The maximum absolute atomic E-state index is 12.7. The molecular formula is C19H20N4O3. The van der Waals surface area contributed by atoms with E-state index in [1.165, 1.54) is 0 Å². The third-order valence-corrected chi connectivity index (χ3v) is 4.97. The topological polar surface area (TPSA) is 84.3 Å². The summed E-state index contributed by atoms with van der Waals surface area (Å²) in [6, 6.07) is 7.13. The fourth-order valence-corrected chi connectivity index (χ4v) is 3.70. The Hall–Kier alpha value is -2.96. The van der Waals surface area contributed by atoms with Crippen molar-refractivity contribution >= 4 is 17.7 Å². The monoisotopic (exact) mass is 352 g/mol. The number of aryl methyl sites for hydroxylation is 1. The molecule has 4 rings (SSSR count). The van der Waals surface area contributed by atoms with Gasteiger partial charge in [0.2, 0.25) is 11.8 Å². The van der Waals surface area contributed by atoms with Crippen LogP contribution in [0.1, 0.15) is 42.1 Å². The lowest BCUT2D eigenvalue weighted by Crippen LogP contribution is -2.52. The number of aromatic nitrogens is 2. The van der Waals surface area contributed by atoms with Crippen molar-refractivity contribution in [3.05, 3.63) is 41.6 Å². The van der Waals surface area contributed by atoms with Crippen LogP contribution in [0.4, 0.5) is 0 Å². The first-order valence-electron chi connectivity index (χ1n) is 8.88. The second-order valence-corrected chi connectivity index (χ2v) is 6.71. The van der Waals surface area contributed by atoms with Crippen LogP contribution >= 0.6 is 0 Å². The molecule has 0 bridgehead atoms. The molecule has 1 unspecified atom stereocenters. The van der Waals surface area contributed by atoms with Gasteiger partial charge in [-0.15, -0.1) is 0 Å². The summed E-state index contributed by atoms with van der Waals surface area (Å²) in [5.74, 6) is -0.811. The second-order valence-electron chi connectivity index (χ2n) is 6.71. The molecule has 0 radical (unpaired) electrons. The number of carbonyl (C=O) groups is 3. The average Bonchev–Trinajstić information content (AvgIpc) is 3.20. The fourth-order valence-electron chi connectivity index (χ4n) is 3.70. The average molecular weight is 352 g/mol. The molecule has 1 atom stereocenters. The SMILES string of the molecule is CCCn1nccc1-c1ccc2c(c1)CN(C1CCC(=O)NC1=O)C2=O. The molecule has 2 aliphatic rings. The Morgan fingerprint density at radius 3 is 2.85 bits per heavy atom. The van der Waals surface area contributed by atoms with Crippen LogP contribution in [0.25, 0.3) is 11.3 Å². The highest BCUT2D eigenvalue weighted by molar-refractivity contribution is 6.05. The highest BCUT2D eigenvalue weighted by atomic mass is 16.2. The molecule has 0 saturated carbocycles. The van der Waals surface area contributed by atoms with E-state index in [1.54, 1.807) is 11.1 Å². The maximum atomic E-state index is 12.7. The van der Waals surface area contributed by atoms with Crippen molar-refractivity contribution in [3.8, 4) is 11.3 Å². The second kappa shape index (κ2) is 6.40. The Morgan fingerprint density at radius 2 is 2.08 bits per heavy atom. The van der Waals surface area contributed by atoms with Gasteiger partial charge in [-0.3, -0.25) is 24.4 Å². The molecular weight excluding hydrogens is 332 g/mol. The van der Waals surface area contributed by atoms with Crippen LogP contribution in [-0.2, 0) is 22.7 Å². The van der Waals surface area contributed by atoms with Gasteiger partial charge in [-0.1, -0.05) is 13.0 Å². The van der Waals surface area contributed by atoms with Crippen molar-refractivity contribution in [1.82, 2.24) is 20.0 Å². The first-order valence-corrected chi connectivity index (χ1v) is 8.88. The molecule has 3 heterocycles. The third-order valence-electron chi connectivity index (χ3n) is 4.97. The molecule has 0 aliphatic carbocycles. The molecule has 1 saturated heterocycles. The van der Waals surface area contributed by atoms with E-state index in [9.17, 15) is 14.4 Å². The molecule has 3 amide bonds. The fraction of sp³-hybridized carbons (Fsp3) is 0.368. The minimum atomic E-state index is -0.582. The molecule has 26 heavy (non-hydrogen) atoms. The van der Waals surface area contributed by atoms with Crippen molar-refractivity contribution in [3.63, 3.8) is 0 Å². The van der Waals surface area contributed by atoms with E-state index >= 15 is 0 Å². The summed E-state index contributed by atoms with van der Waals surface area (Å²) in [7, 11) is 0. The van der Waals surface area contributed by atoms with Gasteiger partial charge < -0.3 is 4.90 Å². The highest BCUT2D eigenvalue weighted by Gasteiger charge is 2.39. The Kier molecular flexibility index (Phi) is 4.06.